The molecule has 0 bridgehead atoms. The summed E-state index contributed by atoms with van der Waals surface area (Å²) in [5, 5.41) is 29.4. The average molecular weight is 554 g/mol. The van der Waals surface area contributed by atoms with Crippen LogP contribution in [0, 0.1) is 32.8 Å². The number of non-ortho nitro benzene ring substituents is 1. The Labute approximate surface area is 223 Å². The number of hydrogen-bond acceptors (Lipinski definition) is 10. The number of hydrogen-bond donors (Lipinski definition) is 0. The number of thiazole rings is 1. The van der Waals surface area contributed by atoms with Gasteiger partial charge in [0.15, 0.2) is 5.13 Å². The monoisotopic (exact) mass is 553 g/mol. The van der Waals surface area contributed by atoms with Crippen LogP contribution in [0.4, 0.5) is 10.8 Å². The lowest BCUT2D eigenvalue weighted by atomic mass is 10.2. The number of nitro groups is 1. The fourth-order valence-corrected chi connectivity index (χ4v) is 6.55. The van der Waals surface area contributed by atoms with E-state index in [4.69, 9.17) is 10.5 Å². The highest BCUT2D eigenvalue weighted by Crippen LogP contribution is 2.32. The van der Waals surface area contributed by atoms with Gasteiger partial charge in [0.1, 0.15) is 0 Å². The van der Waals surface area contributed by atoms with Crippen molar-refractivity contribution in [1.82, 2.24) is 14.2 Å². The molecule has 1 aromatic heterocycles. The molecular weight excluding hydrogens is 530 g/mol. The van der Waals surface area contributed by atoms with Gasteiger partial charge in [-0.05, 0) is 30.3 Å². The molecule has 0 atom stereocenters. The molecule has 1 fully saturated rings. The van der Waals surface area contributed by atoms with Gasteiger partial charge in [0.05, 0.1) is 32.2 Å². The number of rotatable bonds is 9. The normalized spacial score (nSPS) is 13.9. The van der Waals surface area contributed by atoms with Crippen molar-refractivity contribution in [3.05, 3.63) is 58.1 Å². The fraction of sp³-hybridized carbons (Fsp3) is 0.333. The molecule has 14 heteroatoms. The number of anilines is 1. The molecule has 0 aliphatic carbocycles. The van der Waals surface area contributed by atoms with Crippen molar-refractivity contribution >= 4 is 48.3 Å². The molecule has 0 unspecified atom stereocenters. The predicted octanol–water partition coefficient (Wildman–Crippen LogP) is 2.98. The third-order valence-electron chi connectivity index (χ3n) is 6.09. The van der Waals surface area contributed by atoms with Crippen molar-refractivity contribution in [1.29, 1.82) is 10.5 Å². The number of sulfonamides is 1. The predicted molar refractivity (Wildman–Crippen MR) is 140 cm³/mol. The van der Waals surface area contributed by atoms with Gasteiger partial charge in [-0.25, -0.2) is 13.4 Å². The lowest BCUT2D eigenvalue weighted by molar-refractivity contribution is -0.384. The average Bonchev–Trinajstić information content (AvgIpc) is 3.36. The number of fused-ring (bicyclic) bond motifs is 1. The van der Waals surface area contributed by atoms with Gasteiger partial charge in [0.25, 0.3) is 11.6 Å². The van der Waals surface area contributed by atoms with E-state index in [2.05, 4.69) is 4.98 Å². The van der Waals surface area contributed by atoms with Crippen LogP contribution in [-0.4, -0.2) is 72.7 Å². The molecule has 0 spiro atoms. The minimum Gasteiger partial charge on any atom is -0.345 e. The molecule has 2 heterocycles. The van der Waals surface area contributed by atoms with E-state index in [1.165, 1.54) is 47.7 Å². The Balaban J connectivity index is 1.41. The van der Waals surface area contributed by atoms with Gasteiger partial charge >= 0.3 is 0 Å². The molecule has 1 aliphatic rings. The third-order valence-corrected chi connectivity index (χ3v) is 9.09. The molecule has 38 heavy (non-hydrogen) atoms. The highest BCUT2D eigenvalue weighted by molar-refractivity contribution is 7.89. The quantitative estimate of drug-likeness (QED) is 0.286. The van der Waals surface area contributed by atoms with Crippen LogP contribution in [-0.2, 0) is 10.0 Å². The number of nitro benzene ring substituents is 1. The maximum atomic E-state index is 13.1. The van der Waals surface area contributed by atoms with E-state index < -0.39 is 14.9 Å². The van der Waals surface area contributed by atoms with Gasteiger partial charge in [-0.3, -0.25) is 14.9 Å². The first-order valence-corrected chi connectivity index (χ1v) is 13.9. The molecule has 0 N–H and O–H groups in total. The van der Waals surface area contributed by atoms with Gasteiger partial charge in [-0.15, -0.1) is 0 Å². The molecule has 0 radical (unpaired) electrons. The Morgan fingerprint density at radius 1 is 1.05 bits per heavy atom. The minimum absolute atomic E-state index is 0.00411. The number of benzene rings is 2. The van der Waals surface area contributed by atoms with Crippen LogP contribution in [0.15, 0.2) is 47.4 Å². The van der Waals surface area contributed by atoms with Gasteiger partial charge in [0, 0.05) is 69.8 Å². The van der Waals surface area contributed by atoms with E-state index >= 15 is 0 Å². The molecule has 2 aromatic carbocycles. The van der Waals surface area contributed by atoms with Crippen LogP contribution in [0.1, 0.15) is 23.2 Å². The Morgan fingerprint density at radius 3 is 2.26 bits per heavy atom. The van der Waals surface area contributed by atoms with E-state index in [-0.39, 0.29) is 42.4 Å². The van der Waals surface area contributed by atoms with Crippen LogP contribution in [0.3, 0.4) is 0 Å². The van der Waals surface area contributed by atoms with Crippen molar-refractivity contribution < 1.29 is 18.1 Å². The number of piperazine rings is 1. The topological polar surface area (TPSA) is 165 Å². The molecule has 4 rings (SSSR count). The highest BCUT2D eigenvalue weighted by atomic mass is 32.2. The number of amides is 1. The van der Waals surface area contributed by atoms with Crippen LogP contribution >= 0.6 is 11.3 Å². The maximum Gasteiger partial charge on any atom is 0.270 e. The first-order chi connectivity index (χ1) is 18.2. The van der Waals surface area contributed by atoms with Gasteiger partial charge in [-0.2, -0.15) is 14.8 Å². The standard InChI is InChI=1S/C24H23N7O5S2/c25-9-1-11-30(12-2-10-26)38(35,36)20-6-3-18(4-7-20)23(32)28-13-15-29(16-14-28)24-27-21-8-5-19(31(33)34)17-22(21)37-24/h3-8,17H,1-2,11-16H2. The smallest absolute Gasteiger partial charge is 0.270 e. The molecule has 196 valence electrons. The SMILES string of the molecule is N#CCCN(CCC#N)S(=O)(=O)c1ccc(C(=O)N2CCN(c3nc4ccc([N+](=O)[O-])cc4s3)CC2)cc1. The first-order valence-electron chi connectivity index (χ1n) is 11.7. The third kappa shape index (κ3) is 5.73. The van der Waals surface area contributed by atoms with Crippen molar-refractivity contribution in [3.8, 4) is 12.1 Å². The van der Waals surface area contributed by atoms with Gasteiger partial charge in [-0.1, -0.05) is 11.3 Å². The molecule has 1 amide bonds. The fourth-order valence-electron chi connectivity index (χ4n) is 4.05. The number of nitrogens with zero attached hydrogens (tertiary/aromatic N) is 7. The second-order valence-corrected chi connectivity index (χ2v) is 11.4. The van der Waals surface area contributed by atoms with Crippen molar-refractivity contribution in [2.75, 3.05) is 44.2 Å². The van der Waals surface area contributed by atoms with E-state index in [9.17, 15) is 23.3 Å². The lowest BCUT2D eigenvalue weighted by Crippen LogP contribution is -2.48. The van der Waals surface area contributed by atoms with E-state index in [1.54, 1.807) is 11.0 Å². The number of carbonyl (C=O) groups excluding carboxylic acids is 1. The highest BCUT2D eigenvalue weighted by Gasteiger charge is 2.27. The summed E-state index contributed by atoms with van der Waals surface area (Å²) in [6.07, 6.45) is 0.00822. The van der Waals surface area contributed by atoms with Crippen molar-refractivity contribution in [3.63, 3.8) is 0 Å². The number of carbonyl (C=O) groups is 1. The zero-order valence-electron chi connectivity index (χ0n) is 20.2. The molecule has 3 aromatic rings. The number of aromatic nitrogens is 1. The first kappa shape index (κ1) is 26.9. The van der Waals surface area contributed by atoms with E-state index in [0.717, 1.165) is 14.1 Å². The van der Waals surface area contributed by atoms with E-state index in [1.807, 2.05) is 17.0 Å². The molecule has 0 saturated carbocycles. The van der Waals surface area contributed by atoms with Crippen LogP contribution in [0.5, 0.6) is 0 Å². The summed E-state index contributed by atoms with van der Waals surface area (Å²) in [6.45, 7) is 1.91. The maximum absolute atomic E-state index is 13.1. The second-order valence-electron chi connectivity index (χ2n) is 8.43. The van der Waals surface area contributed by atoms with Crippen LogP contribution in [0.2, 0.25) is 0 Å². The number of nitriles is 2. The Morgan fingerprint density at radius 2 is 1.68 bits per heavy atom. The minimum atomic E-state index is -3.91. The Kier molecular flexibility index (Phi) is 8.16. The summed E-state index contributed by atoms with van der Waals surface area (Å²) in [7, 11) is -3.91. The second kappa shape index (κ2) is 11.5. The van der Waals surface area contributed by atoms with Crippen molar-refractivity contribution in [2.24, 2.45) is 0 Å². The summed E-state index contributed by atoms with van der Waals surface area (Å²) in [4.78, 5) is 31.9. The summed E-state index contributed by atoms with van der Waals surface area (Å²) in [5.41, 5.74) is 1.05. The molecule has 1 saturated heterocycles. The molecular formula is C24H23N7O5S2. The van der Waals surface area contributed by atoms with Gasteiger partial charge in [0.2, 0.25) is 10.0 Å². The molecule has 1 aliphatic heterocycles. The lowest BCUT2D eigenvalue weighted by Gasteiger charge is -2.34. The molecule has 12 nitrogen and oxygen atoms in total. The largest absolute Gasteiger partial charge is 0.345 e. The summed E-state index contributed by atoms with van der Waals surface area (Å²) in [6, 6.07) is 14.1. The summed E-state index contributed by atoms with van der Waals surface area (Å²) in [5.74, 6) is -0.223. The summed E-state index contributed by atoms with van der Waals surface area (Å²) >= 11 is 1.37. The summed E-state index contributed by atoms with van der Waals surface area (Å²) < 4.78 is 27.8. The Bertz CT molecular complexity index is 1510. The zero-order valence-corrected chi connectivity index (χ0v) is 21.8. The van der Waals surface area contributed by atoms with E-state index in [0.29, 0.717) is 37.3 Å². The van der Waals surface area contributed by atoms with Crippen LogP contribution in [0.25, 0.3) is 10.2 Å². The van der Waals surface area contributed by atoms with Crippen molar-refractivity contribution in [2.45, 2.75) is 17.7 Å². The Hall–Kier alpha value is -4.11. The van der Waals surface area contributed by atoms with Gasteiger partial charge < -0.3 is 9.80 Å². The van der Waals surface area contributed by atoms with Crippen LogP contribution < -0.4 is 4.90 Å². The zero-order chi connectivity index (χ0) is 27.3.